The van der Waals surface area contributed by atoms with Crippen molar-refractivity contribution in [3.63, 3.8) is 0 Å². The highest BCUT2D eigenvalue weighted by molar-refractivity contribution is 5.83. The molecule has 0 aromatic heterocycles. The summed E-state index contributed by atoms with van der Waals surface area (Å²) in [5.41, 5.74) is 0. The lowest BCUT2D eigenvalue weighted by Crippen LogP contribution is -2.36. The Bertz CT molecular complexity index is 171. The van der Waals surface area contributed by atoms with Gasteiger partial charge in [0, 0.05) is 20.1 Å². The highest BCUT2D eigenvalue weighted by Gasteiger charge is 1.99. The topological polar surface area (TPSA) is 78.4 Å². The summed E-state index contributed by atoms with van der Waals surface area (Å²) < 4.78 is 0. The lowest BCUT2D eigenvalue weighted by atomic mass is 10.3. The van der Waals surface area contributed by atoms with Crippen LogP contribution in [-0.2, 0) is 9.59 Å². The highest BCUT2D eigenvalue weighted by atomic mass is 16.3. The molecule has 0 bridgehead atoms. The van der Waals surface area contributed by atoms with E-state index in [1.807, 2.05) is 0 Å². The van der Waals surface area contributed by atoms with Gasteiger partial charge in [-0.15, -0.1) is 0 Å². The SMILES string of the molecule is CC(=O)NCC(=O)NCCCCO. The number of rotatable bonds is 6. The van der Waals surface area contributed by atoms with Crippen LogP contribution in [0.5, 0.6) is 0 Å². The fourth-order valence-corrected chi connectivity index (χ4v) is 0.732. The number of amides is 2. The minimum Gasteiger partial charge on any atom is -0.396 e. The summed E-state index contributed by atoms with van der Waals surface area (Å²) in [6, 6.07) is 0. The van der Waals surface area contributed by atoms with Crippen LogP contribution >= 0.6 is 0 Å². The van der Waals surface area contributed by atoms with Crippen molar-refractivity contribution >= 4 is 11.8 Å². The Hall–Kier alpha value is -1.10. The molecular formula is C8H16N2O3. The summed E-state index contributed by atoms with van der Waals surface area (Å²) in [5, 5.41) is 13.4. The van der Waals surface area contributed by atoms with Gasteiger partial charge in [-0.05, 0) is 12.8 Å². The molecule has 2 amide bonds. The van der Waals surface area contributed by atoms with Crippen molar-refractivity contribution in [3.05, 3.63) is 0 Å². The monoisotopic (exact) mass is 188 g/mol. The largest absolute Gasteiger partial charge is 0.396 e. The summed E-state index contributed by atoms with van der Waals surface area (Å²) in [5.74, 6) is -0.418. The van der Waals surface area contributed by atoms with Gasteiger partial charge in [0.25, 0.3) is 0 Å². The molecule has 0 aromatic rings. The molecule has 3 N–H and O–H groups in total. The van der Waals surface area contributed by atoms with Gasteiger partial charge >= 0.3 is 0 Å². The normalized spacial score (nSPS) is 9.38. The summed E-state index contributed by atoms with van der Waals surface area (Å²) in [6.07, 6.45) is 1.43. The Morgan fingerprint density at radius 2 is 1.92 bits per heavy atom. The zero-order chi connectivity index (χ0) is 10.1. The number of carbonyl (C=O) groups is 2. The van der Waals surface area contributed by atoms with E-state index in [-0.39, 0.29) is 25.0 Å². The summed E-state index contributed by atoms with van der Waals surface area (Å²) in [6.45, 7) is 2.06. The van der Waals surface area contributed by atoms with E-state index in [4.69, 9.17) is 5.11 Å². The molecule has 0 radical (unpaired) electrons. The second kappa shape index (κ2) is 7.54. The number of nitrogens with one attached hydrogen (secondary N) is 2. The second-order valence-electron chi connectivity index (χ2n) is 2.69. The minimum absolute atomic E-state index is 0.0223. The second-order valence-corrected chi connectivity index (χ2v) is 2.69. The van der Waals surface area contributed by atoms with Gasteiger partial charge in [0.15, 0.2) is 0 Å². The molecule has 0 saturated heterocycles. The zero-order valence-corrected chi connectivity index (χ0v) is 7.80. The zero-order valence-electron chi connectivity index (χ0n) is 7.80. The molecule has 0 aliphatic carbocycles. The van der Waals surface area contributed by atoms with Crippen molar-refractivity contribution < 1.29 is 14.7 Å². The first-order chi connectivity index (χ1) is 6.16. The molecule has 0 aliphatic rings. The van der Waals surface area contributed by atoms with Crippen molar-refractivity contribution in [2.75, 3.05) is 19.7 Å². The van der Waals surface area contributed by atoms with Crippen molar-refractivity contribution in [2.45, 2.75) is 19.8 Å². The maximum absolute atomic E-state index is 10.9. The van der Waals surface area contributed by atoms with Crippen LogP contribution in [0, 0.1) is 0 Å². The van der Waals surface area contributed by atoms with Crippen LogP contribution in [-0.4, -0.2) is 36.6 Å². The van der Waals surface area contributed by atoms with Gasteiger partial charge in [-0.2, -0.15) is 0 Å². The number of aliphatic hydroxyl groups excluding tert-OH is 1. The molecule has 0 saturated carbocycles. The molecular weight excluding hydrogens is 172 g/mol. The van der Waals surface area contributed by atoms with Crippen molar-refractivity contribution in [1.82, 2.24) is 10.6 Å². The van der Waals surface area contributed by atoms with Gasteiger partial charge in [-0.25, -0.2) is 0 Å². The number of unbranched alkanes of at least 4 members (excludes halogenated alkanes) is 1. The standard InChI is InChI=1S/C8H16N2O3/c1-7(12)10-6-8(13)9-4-2-3-5-11/h11H,2-6H2,1H3,(H,9,13)(H,10,12). The Morgan fingerprint density at radius 3 is 2.46 bits per heavy atom. The summed E-state index contributed by atoms with van der Waals surface area (Å²) in [4.78, 5) is 21.3. The van der Waals surface area contributed by atoms with Crippen LogP contribution in [0.4, 0.5) is 0 Å². The maximum Gasteiger partial charge on any atom is 0.239 e. The van der Waals surface area contributed by atoms with E-state index in [9.17, 15) is 9.59 Å². The summed E-state index contributed by atoms with van der Waals surface area (Å²) >= 11 is 0. The van der Waals surface area contributed by atoms with Gasteiger partial charge in [-0.1, -0.05) is 0 Å². The van der Waals surface area contributed by atoms with E-state index in [0.29, 0.717) is 13.0 Å². The highest BCUT2D eigenvalue weighted by Crippen LogP contribution is 1.82. The number of hydrogen-bond donors (Lipinski definition) is 3. The van der Waals surface area contributed by atoms with Crippen LogP contribution in [0.25, 0.3) is 0 Å². The van der Waals surface area contributed by atoms with Gasteiger partial charge < -0.3 is 15.7 Å². The predicted octanol–water partition coefficient (Wildman–Crippen LogP) is -0.989. The smallest absolute Gasteiger partial charge is 0.239 e. The maximum atomic E-state index is 10.9. The number of hydrogen-bond acceptors (Lipinski definition) is 3. The average molecular weight is 188 g/mol. The third-order valence-corrected chi connectivity index (χ3v) is 1.40. The van der Waals surface area contributed by atoms with Gasteiger partial charge in [0.1, 0.15) is 0 Å². The Labute approximate surface area is 77.5 Å². The van der Waals surface area contributed by atoms with E-state index in [1.54, 1.807) is 0 Å². The Balaban J connectivity index is 3.25. The molecule has 0 aromatic carbocycles. The molecule has 76 valence electrons. The fraction of sp³-hybridized carbons (Fsp3) is 0.750. The van der Waals surface area contributed by atoms with Gasteiger partial charge in [-0.3, -0.25) is 9.59 Å². The van der Waals surface area contributed by atoms with E-state index in [0.717, 1.165) is 6.42 Å². The molecule has 5 nitrogen and oxygen atoms in total. The van der Waals surface area contributed by atoms with E-state index >= 15 is 0 Å². The first-order valence-electron chi connectivity index (χ1n) is 4.29. The van der Waals surface area contributed by atoms with E-state index < -0.39 is 0 Å². The van der Waals surface area contributed by atoms with Crippen molar-refractivity contribution in [3.8, 4) is 0 Å². The molecule has 0 atom stereocenters. The van der Waals surface area contributed by atoms with Crippen molar-refractivity contribution in [1.29, 1.82) is 0 Å². The first kappa shape index (κ1) is 11.9. The lowest BCUT2D eigenvalue weighted by molar-refractivity contribution is -0.125. The molecule has 0 rings (SSSR count). The molecule has 13 heavy (non-hydrogen) atoms. The van der Waals surface area contributed by atoms with Gasteiger partial charge in [0.05, 0.1) is 6.54 Å². The van der Waals surface area contributed by atoms with Crippen molar-refractivity contribution in [2.24, 2.45) is 0 Å². The quantitative estimate of drug-likeness (QED) is 0.468. The number of aliphatic hydroxyl groups is 1. The molecule has 0 fully saturated rings. The molecule has 0 aliphatic heterocycles. The van der Waals surface area contributed by atoms with Crippen LogP contribution in [0.3, 0.4) is 0 Å². The predicted molar refractivity (Wildman–Crippen MR) is 48.0 cm³/mol. The van der Waals surface area contributed by atoms with Crippen LogP contribution < -0.4 is 10.6 Å². The van der Waals surface area contributed by atoms with Crippen LogP contribution in [0.15, 0.2) is 0 Å². The number of carbonyl (C=O) groups excluding carboxylic acids is 2. The molecule has 5 heteroatoms. The average Bonchev–Trinajstić information content (AvgIpc) is 2.09. The lowest BCUT2D eigenvalue weighted by Gasteiger charge is -2.04. The minimum atomic E-state index is -0.217. The molecule has 0 heterocycles. The molecule has 0 spiro atoms. The van der Waals surface area contributed by atoms with Crippen LogP contribution in [0.2, 0.25) is 0 Å². The molecule has 0 unspecified atom stereocenters. The fourth-order valence-electron chi connectivity index (χ4n) is 0.732. The summed E-state index contributed by atoms with van der Waals surface area (Å²) in [7, 11) is 0. The van der Waals surface area contributed by atoms with E-state index in [1.165, 1.54) is 6.92 Å². The van der Waals surface area contributed by atoms with Gasteiger partial charge in [0.2, 0.25) is 11.8 Å². The van der Waals surface area contributed by atoms with Crippen LogP contribution in [0.1, 0.15) is 19.8 Å². The first-order valence-corrected chi connectivity index (χ1v) is 4.29. The Morgan fingerprint density at radius 1 is 1.23 bits per heavy atom. The Kier molecular flexibility index (Phi) is 6.91. The van der Waals surface area contributed by atoms with E-state index in [2.05, 4.69) is 10.6 Å². The third kappa shape index (κ3) is 8.81. The third-order valence-electron chi connectivity index (χ3n) is 1.40.